The van der Waals surface area contributed by atoms with Gasteiger partial charge in [-0.25, -0.2) is 15.0 Å². The minimum Gasteiger partial charge on any atom is -0.255 e. The molecule has 0 radical (unpaired) electrons. The van der Waals surface area contributed by atoms with Gasteiger partial charge in [-0.15, -0.1) is 0 Å². The highest BCUT2D eigenvalue weighted by Gasteiger charge is 2.18. The average molecular weight is 663 g/mol. The van der Waals surface area contributed by atoms with Gasteiger partial charge in [0.05, 0.1) is 28.3 Å². The zero-order valence-electron chi connectivity index (χ0n) is 28.1. The molecule has 0 N–H and O–H groups in total. The van der Waals surface area contributed by atoms with Crippen molar-refractivity contribution in [1.82, 2.24) is 19.9 Å². The zero-order valence-corrected chi connectivity index (χ0v) is 28.1. The lowest BCUT2D eigenvalue weighted by molar-refractivity contribution is 1.16. The van der Waals surface area contributed by atoms with Crippen LogP contribution in [0.4, 0.5) is 0 Å². The molecule has 0 saturated carbocycles. The quantitative estimate of drug-likeness (QED) is 0.172. The van der Waals surface area contributed by atoms with E-state index in [-0.39, 0.29) is 0 Å². The van der Waals surface area contributed by atoms with Gasteiger partial charge in [-0.2, -0.15) is 0 Å². The largest absolute Gasteiger partial charge is 0.255 e. The van der Waals surface area contributed by atoms with Crippen molar-refractivity contribution in [3.8, 4) is 56.4 Å². The van der Waals surface area contributed by atoms with E-state index in [0.717, 1.165) is 61.5 Å². The first-order valence-electron chi connectivity index (χ1n) is 17.5. The van der Waals surface area contributed by atoms with Crippen molar-refractivity contribution < 1.29 is 0 Å². The molecule has 0 atom stereocenters. The molecule has 0 aliphatic rings. The fourth-order valence-electron chi connectivity index (χ4n) is 7.50. The van der Waals surface area contributed by atoms with E-state index in [1.54, 1.807) is 6.20 Å². The Hall–Kier alpha value is -7.04. The lowest BCUT2D eigenvalue weighted by atomic mass is 9.89. The zero-order chi connectivity index (χ0) is 34.4. The third-order valence-electron chi connectivity index (χ3n) is 9.89. The SMILES string of the molecule is c1ccc(-c2nc(-c3cccc(-c4cccc(-c5nc6ccccc6c6c7ccccc7c7ccccc7c56)c4)c3)cc(-c3ccccn3)n2)cc1. The van der Waals surface area contributed by atoms with Gasteiger partial charge in [0.1, 0.15) is 0 Å². The Balaban J connectivity index is 1.15. The molecule has 7 aromatic carbocycles. The molecule has 242 valence electrons. The van der Waals surface area contributed by atoms with Crippen molar-refractivity contribution in [2.45, 2.75) is 0 Å². The Morgan fingerprint density at radius 1 is 0.308 bits per heavy atom. The molecule has 10 aromatic rings. The summed E-state index contributed by atoms with van der Waals surface area (Å²) in [4.78, 5) is 20.0. The molecular weight excluding hydrogens is 633 g/mol. The van der Waals surface area contributed by atoms with E-state index in [0.29, 0.717) is 5.82 Å². The van der Waals surface area contributed by atoms with Crippen LogP contribution >= 0.6 is 0 Å². The Labute approximate surface area is 300 Å². The summed E-state index contributed by atoms with van der Waals surface area (Å²) in [5.41, 5.74) is 9.64. The van der Waals surface area contributed by atoms with Crippen LogP contribution in [0.15, 0.2) is 182 Å². The average Bonchev–Trinajstić information content (AvgIpc) is 3.24. The van der Waals surface area contributed by atoms with Crippen LogP contribution in [0, 0.1) is 0 Å². The second-order valence-corrected chi connectivity index (χ2v) is 13.0. The van der Waals surface area contributed by atoms with Crippen molar-refractivity contribution >= 4 is 43.2 Å². The molecule has 0 amide bonds. The second-order valence-electron chi connectivity index (χ2n) is 13.0. The highest BCUT2D eigenvalue weighted by molar-refractivity contribution is 6.33. The third kappa shape index (κ3) is 5.09. The summed E-state index contributed by atoms with van der Waals surface area (Å²) >= 11 is 0. The molecule has 0 bridgehead atoms. The van der Waals surface area contributed by atoms with Crippen LogP contribution in [0.5, 0.6) is 0 Å². The van der Waals surface area contributed by atoms with E-state index in [2.05, 4.69) is 126 Å². The van der Waals surface area contributed by atoms with Crippen molar-refractivity contribution in [1.29, 1.82) is 0 Å². The number of hydrogen-bond acceptors (Lipinski definition) is 4. The summed E-state index contributed by atoms with van der Waals surface area (Å²) in [7, 11) is 0. The Kier molecular flexibility index (Phi) is 7.10. The standard InChI is InChI=1S/C48H30N4/c1-2-14-31(15-3-1)48-51-43(30-44(52-48)42-26-10-11-27-49-42)34-18-12-16-32(28-34)33-17-13-19-35(29-33)47-46-39-23-7-5-21-37(39)36-20-4-6-22-38(36)45(46)40-24-8-9-25-41(40)50-47/h1-30H. The van der Waals surface area contributed by atoms with Crippen LogP contribution in [0.3, 0.4) is 0 Å². The third-order valence-corrected chi connectivity index (χ3v) is 9.89. The van der Waals surface area contributed by atoms with Crippen molar-refractivity contribution in [3.05, 3.63) is 182 Å². The highest BCUT2D eigenvalue weighted by atomic mass is 14.9. The molecule has 0 fully saturated rings. The first kappa shape index (κ1) is 29.8. The van der Waals surface area contributed by atoms with Gasteiger partial charge in [-0.1, -0.05) is 140 Å². The van der Waals surface area contributed by atoms with Crippen LogP contribution in [0.2, 0.25) is 0 Å². The normalized spacial score (nSPS) is 11.5. The molecule has 4 nitrogen and oxygen atoms in total. The summed E-state index contributed by atoms with van der Waals surface area (Å²) in [5.74, 6) is 0.667. The number of benzene rings is 7. The van der Waals surface area contributed by atoms with Gasteiger partial charge in [-0.3, -0.25) is 4.98 Å². The molecule has 3 aromatic heterocycles. The van der Waals surface area contributed by atoms with Crippen molar-refractivity contribution in [2.24, 2.45) is 0 Å². The number of nitrogens with zero attached hydrogens (tertiary/aromatic N) is 4. The van der Waals surface area contributed by atoms with Crippen LogP contribution in [-0.4, -0.2) is 19.9 Å². The summed E-state index contributed by atoms with van der Waals surface area (Å²) in [5, 5.41) is 8.52. The molecule has 10 rings (SSSR count). The molecule has 0 aliphatic carbocycles. The first-order chi connectivity index (χ1) is 25.8. The molecule has 52 heavy (non-hydrogen) atoms. The molecule has 0 unspecified atom stereocenters. The molecule has 0 saturated heterocycles. The van der Waals surface area contributed by atoms with E-state index in [1.807, 2.05) is 54.6 Å². The van der Waals surface area contributed by atoms with Crippen LogP contribution in [-0.2, 0) is 0 Å². The molecule has 3 heterocycles. The molecule has 0 spiro atoms. The van der Waals surface area contributed by atoms with Crippen LogP contribution in [0.1, 0.15) is 0 Å². The van der Waals surface area contributed by atoms with E-state index < -0.39 is 0 Å². The summed E-state index contributed by atoms with van der Waals surface area (Å²) in [6.07, 6.45) is 1.80. The Morgan fingerprint density at radius 3 is 1.60 bits per heavy atom. The van der Waals surface area contributed by atoms with E-state index >= 15 is 0 Å². The number of rotatable bonds is 5. The predicted molar refractivity (Wildman–Crippen MR) is 215 cm³/mol. The molecular formula is C48H30N4. The van der Waals surface area contributed by atoms with Gasteiger partial charge in [0.15, 0.2) is 5.82 Å². The summed E-state index contributed by atoms with van der Waals surface area (Å²) in [6.45, 7) is 0. The molecule has 4 heteroatoms. The van der Waals surface area contributed by atoms with Gasteiger partial charge in [-0.05, 0) is 69.1 Å². The van der Waals surface area contributed by atoms with Gasteiger partial charge < -0.3 is 0 Å². The lowest BCUT2D eigenvalue weighted by Crippen LogP contribution is -1.97. The topological polar surface area (TPSA) is 51.6 Å². The van der Waals surface area contributed by atoms with Gasteiger partial charge in [0, 0.05) is 39.0 Å². The Bertz CT molecular complexity index is 2900. The van der Waals surface area contributed by atoms with Crippen molar-refractivity contribution in [2.75, 3.05) is 0 Å². The minimum absolute atomic E-state index is 0.667. The second kappa shape index (κ2) is 12.4. The van der Waals surface area contributed by atoms with E-state index in [9.17, 15) is 0 Å². The summed E-state index contributed by atoms with van der Waals surface area (Å²) < 4.78 is 0. The highest BCUT2D eigenvalue weighted by Crippen LogP contribution is 2.43. The van der Waals surface area contributed by atoms with Crippen LogP contribution < -0.4 is 0 Å². The molecule has 0 aliphatic heterocycles. The van der Waals surface area contributed by atoms with E-state index in [4.69, 9.17) is 15.0 Å². The number of aromatic nitrogens is 4. The van der Waals surface area contributed by atoms with Gasteiger partial charge in [0.2, 0.25) is 0 Å². The smallest absolute Gasteiger partial charge is 0.160 e. The first-order valence-corrected chi connectivity index (χ1v) is 17.5. The summed E-state index contributed by atoms with van der Waals surface area (Å²) in [6, 6.07) is 61.4. The fourth-order valence-corrected chi connectivity index (χ4v) is 7.50. The number of para-hydroxylation sites is 1. The Morgan fingerprint density at radius 2 is 0.865 bits per heavy atom. The number of fused-ring (bicyclic) bond motifs is 8. The van der Waals surface area contributed by atoms with Crippen LogP contribution in [0.25, 0.3) is 99.6 Å². The maximum Gasteiger partial charge on any atom is 0.160 e. The monoisotopic (exact) mass is 662 g/mol. The van der Waals surface area contributed by atoms with Gasteiger partial charge >= 0.3 is 0 Å². The van der Waals surface area contributed by atoms with Crippen molar-refractivity contribution in [3.63, 3.8) is 0 Å². The minimum atomic E-state index is 0.667. The fraction of sp³-hybridized carbons (Fsp3) is 0. The van der Waals surface area contributed by atoms with Gasteiger partial charge in [0.25, 0.3) is 0 Å². The van der Waals surface area contributed by atoms with E-state index in [1.165, 1.54) is 32.3 Å². The maximum atomic E-state index is 5.38. The maximum absolute atomic E-state index is 5.38. The predicted octanol–water partition coefficient (Wildman–Crippen LogP) is 12.2. The number of hydrogen-bond donors (Lipinski definition) is 0. The number of pyridine rings is 2. The lowest BCUT2D eigenvalue weighted by Gasteiger charge is -2.16.